The van der Waals surface area contributed by atoms with E-state index in [0.29, 0.717) is 0 Å². The van der Waals surface area contributed by atoms with Crippen LogP contribution in [-0.2, 0) is 0 Å². The molecule has 0 unspecified atom stereocenters. The van der Waals surface area contributed by atoms with Crippen LogP contribution in [0.4, 0.5) is 0 Å². The summed E-state index contributed by atoms with van der Waals surface area (Å²) < 4.78 is 0. The molecule has 0 radical (unpaired) electrons. The van der Waals surface area contributed by atoms with Gasteiger partial charge in [-0.05, 0) is 139 Å². The smallest absolute Gasteiger partial charge is 0.0392 e. The molecule has 0 aromatic heterocycles. The maximum Gasteiger partial charge on any atom is -0.0392 e. The van der Waals surface area contributed by atoms with Crippen molar-refractivity contribution in [2.75, 3.05) is 0 Å². The standard InChI is InChI=1S/3C10H14/c2*1-7-5-8(2)10(4)9(3)6-7;1-7-5-6-8(2)10(4)9(7)3/h3*5-6H,1-4H3. The van der Waals surface area contributed by atoms with Crippen LogP contribution >= 0.6 is 0 Å². The third-order valence-electron chi connectivity index (χ3n) is 6.47. The van der Waals surface area contributed by atoms with Gasteiger partial charge in [0.25, 0.3) is 0 Å². The second-order valence-corrected chi connectivity index (χ2v) is 9.00. The first-order chi connectivity index (χ1) is 13.8. The van der Waals surface area contributed by atoms with Gasteiger partial charge in [-0.25, -0.2) is 0 Å². The van der Waals surface area contributed by atoms with E-state index < -0.39 is 0 Å². The van der Waals surface area contributed by atoms with E-state index in [1.165, 1.54) is 66.8 Å². The van der Waals surface area contributed by atoms with Crippen LogP contribution in [0, 0.1) is 83.1 Å². The summed E-state index contributed by atoms with van der Waals surface area (Å²) in [5.74, 6) is 0. The number of aryl methyl sites for hydroxylation is 8. The second-order valence-electron chi connectivity index (χ2n) is 9.00. The number of rotatable bonds is 0. The Balaban J connectivity index is 0.000000225. The Hall–Kier alpha value is -2.34. The van der Waals surface area contributed by atoms with E-state index in [-0.39, 0.29) is 0 Å². The van der Waals surface area contributed by atoms with E-state index in [1.807, 2.05) is 0 Å². The van der Waals surface area contributed by atoms with Crippen molar-refractivity contribution in [3.05, 3.63) is 103 Å². The van der Waals surface area contributed by atoms with Crippen LogP contribution in [0.3, 0.4) is 0 Å². The third kappa shape index (κ3) is 7.17. The van der Waals surface area contributed by atoms with Gasteiger partial charge in [0.2, 0.25) is 0 Å². The molecule has 0 amide bonds. The molecule has 0 atom stereocenters. The van der Waals surface area contributed by atoms with Crippen LogP contribution in [0.25, 0.3) is 0 Å². The Morgan fingerprint density at radius 1 is 0.300 bits per heavy atom. The minimum absolute atomic E-state index is 1.36. The van der Waals surface area contributed by atoms with Gasteiger partial charge in [0.15, 0.2) is 0 Å². The van der Waals surface area contributed by atoms with Crippen LogP contribution < -0.4 is 0 Å². The average Bonchev–Trinajstić information content (AvgIpc) is 2.66. The lowest BCUT2D eigenvalue weighted by Gasteiger charge is -2.06. The predicted molar refractivity (Wildman–Crippen MR) is 136 cm³/mol. The van der Waals surface area contributed by atoms with Crippen LogP contribution in [0.2, 0.25) is 0 Å². The molecule has 0 nitrogen and oxygen atoms in total. The summed E-state index contributed by atoms with van der Waals surface area (Å²) in [6.45, 7) is 25.9. The summed E-state index contributed by atoms with van der Waals surface area (Å²) in [7, 11) is 0. The molecule has 30 heavy (non-hydrogen) atoms. The van der Waals surface area contributed by atoms with Crippen molar-refractivity contribution in [3.8, 4) is 0 Å². The van der Waals surface area contributed by atoms with Gasteiger partial charge in [-0.15, -0.1) is 0 Å². The van der Waals surface area contributed by atoms with Gasteiger partial charge >= 0.3 is 0 Å². The first-order valence-electron chi connectivity index (χ1n) is 11.0. The SMILES string of the molecule is Cc1cc(C)c(C)c(C)c1.Cc1cc(C)c(C)c(C)c1.Cc1ccc(C)c(C)c1C. The Bertz CT molecular complexity index is 874. The zero-order chi connectivity index (χ0) is 23.2. The molecule has 3 aromatic rings. The van der Waals surface area contributed by atoms with E-state index in [2.05, 4.69) is 119 Å². The van der Waals surface area contributed by atoms with Crippen LogP contribution in [0.5, 0.6) is 0 Å². The molecule has 0 saturated heterocycles. The van der Waals surface area contributed by atoms with Crippen LogP contribution in [-0.4, -0.2) is 0 Å². The van der Waals surface area contributed by atoms with Gasteiger partial charge in [-0.1, -0.05) is 47.5 Å². The summed E-state index contributed by atoms with van der Waals surface area (Å²) >= 11 is 0. The van der Waals surface area contributed by atoms with E-state index in [9.17, 15) is 0 Å². The zero-order valence-corrected chi connectivity index (χ0v) is 21.5. The highest BCUT2D eigenvalue weighted by Crippen LogP contribution is 2.16. The molecule has 0 aliphatic heterocycles. The molecule has 3 rings (SSSR count). The Morgan fingerprint density at radius 2 is 0.533 bits per heavy atom. The van der Waals surface area contributed by atoms with Crippen molar-refractivity contribution in [1.29, 1.82) is 0 Å². The Morgan fingerprint density at radius 3 is 0.767 bits per heavy atom. The normalized spacial score (nSPS) is 10.0. The summed E-state index contributed by atoms with van der Waals surface area (Å²) in [5, 5.41) is 0. The Labute approximate surface area is 186 Å². The molecule has 0 N–H and O–H groups in total. The molecule has 0 saturated carbocycles. The third-order valence-corrected chi connectivity index (χ3v) is 6.47. The van der Waals surface area contributed by atoms with Crippen molar-refractivity contribution < 1.29 is 0 Å². The fourth-order valence-electron chi connectivity index (χ4n) is 3.60. The molecule has 0 aliphatic carbocycles. The quantitative estimate of drug-likeness (QED) is 0.352. The molecule has 162 valence electrons. The molecule has 0 aliphatic rings. The first kappa shape index (κ1) is 25.7. The van der Waals surface area contributed by atoms with Crippen molar-refractivity contribution >= 4 is 0 Å². The van der Waals surface area contributed by atoms with Crippen LogP contribution in [0.1, 0.15) is 66.8 Å². The van der Waals surface area contributed by atoms with Crippen molar-refractivity contribution in [2.24, 2.45) is 0 Å². The monoisotopic (exact) mass is 402 g/mol. The molecular weight excluding hydrogens is 360 g/mol. The first-order valence-corrected chi connectivity index (χ1v) is 11.0. The molecular formula is C30H42. The lowest BCUT2D eigenvalue weighted by molar-refractivity contribution is 1.22. The van der Waals surface area contributed by atoms with Crippen molar-refractivity contribution in [1.82, 2.24) is 0 Å². The minimum Gasteiger partial charge on any atom is -0.0588 e. The molecule has 0 spiro atoms. The summed E-state index contributed by atoms with van der Waals surface area (Å²) in [5.41, 5.74) is 16.8. The van der Waals surface area contributed by atoms with E-state index in [0.717, 1.165) is 0 Å². The van der Waals surface area contributed by atoms with E-state index in [4.69, 9.17) is 0 Å². The van der Waals surface area contributed by atoms with E-state index >= 15 is 0 Å². The number of benzene rings is 3. The summed E-state index contributed by atoms with van der Waals surface area (Å²) in [4.78, 5) is 0. The minimum atomic E-state index is 1.36. The van der Waals surface area contributed by atoms with E-state index in [1.54, 1.807) is 0 Å². The molecule has 3 aromatic carbocycles. The van der Waals surface area contributed by atoms with Gasteiger partial charge in [0, 0.05) is 0 Å². The van der Waals surface area contributed by atoms with Gasteiger partial charge in [-0.2, -0.15) is 0 Å². The van der Waals surface area contributed by atoms with Gasteiger partial charge in [0.1, 0.15) is 0 Å². The number of hydrogen-bond donors (Lipinski definition) is 0. The molecule has 0 heterocycles. The fourth-order valence-corrected chi connectivity index (χ4v) is 3.60. The summed E-state index contributed by atoms with van der Waals surface area (Å²) in [6, 6.07) is 13.3. The van der Waals surface area contributed by atoms with Crippen molar-refractivity contribution in [2.45, 2.75) is 83.1 Å². The zero-order valence-electron chi connectivity index (χ0n) is 21.5. The maximum absolute atomic E-state index is 2.22. The molecule has 0 fully saturated rings. The van der Waals surface area contributed by atoms with Crippen molar-refractivity contribution in [3.63, 3.8) is 0 Å². The topological polar surface area (TPSA) is 0 Å². The van der Waals surface area contributed by atoms with Gasteiger partial charge in [-0.3, -0.25) is 0 Å². The average molecular weight is 403 g/mol. The molecule has 0 heteroatoms. The second kappa shape index (κ2) is 11.2. The van der Waals surface area contributed by atoms with Gasteiger partial charge in [0.05, 0.1) is 0 Å². The maximum atomic E-state index is 2.22. The van der Waals surface area contributed by atoms with Gasteiger partial charge < -0.3 is 0 Å². The Kier molecular flexibility index (Phi) is 9.56. The largest absolute Gasteiger partial charge is 0.0588 e. The highest BCUT2D eigenvalue weighted by atomic mass is 14.0. The van der Waals surface area contributed by atoms with Crippen LogP contribution in [0.15, 0.2) is 36.4 Å². The molecule has 0 bridgehead atoms. The highest BCUT2D eigenvalue weighted by molar-refractivity contribution is 5.38. The highest BCUT2D eigenvalue weighted by Gasteiger charge is 1.98. The predicted octanol–water partition coefficient (Wildman–Crippen LogP) is 8.76. The fraction of sp³-hybridized carbons (Fsp3) is 0.400. The summed E-state index contributed by atoms with van der Waals surface area (Å²) in [6.07, 6.45) is 0. The lowest BCUT2D eigenvalue weighted by Crippen LogP contribution is -1.88. The lowest BCUT2D eigenvalue weighted by atomic mass is 10.0. The number of hydrogen-bond acceptors (Lipinski definition) is 0.